The van der Waals surface area contributed by atoms with Crippen LogP contribution in [0.5, 0.6) is 0 Å². The summed E-state index contributed by atoms with van der Waals surface area (Å²) in [6.45, 7) is 2.66. The van der Waals surface area contributed by atoms with Gasteiger partial charge in [-0.15, -0.1) is 11.3 Å². The van der Waals surface area contributed by atoms with Crippen molar-refractivity contribution in [2.24, 2.45) is 0 Å². The lowest BCUT2D eigenvalue weighted by atomic mass is 10.2. The van der Waals surface area contributed by atoms with Crippen LogP contribution in [0, 0.1) is 6.92 Å². The number of ether oxygens (including phenoxy) is 1. The number of methoxy groups -OCH3 is 1. The topological polar surface area (TPSA) is 90.1 Å². The zero-order valence-electron chi connectivity index (χ0n) is 11.3. The maximum absolute atomic E-state index is 11.5. The summed E-state index contributed by atoms with van der Waals surface area (Å²) >= 11 is 1.63. The highest BCUT2D eigenvalue weighted by atomic mass is 32.1. The second-order valence-electron chi connectivity index (χ2n) is 4.18. The van der Waals surface area contributed by atoms with Crippen molar-refractivity contribution in [3.63, 3.8) is 0 Å². The Kier molecular flexibility index (Phi) is 4.52. The van der Waals surface area contributed by atoms with Crippen molar-refractivity contribution >= 4 is 28.8 Å². The van der Waals surface area contributed by atoms with Gasteiger partial charge in [-0.2, -0.15) is 0 Å². The average Bonchev–Trinajstić information content (AvgIpc) is 2.85. The van der Waals surface area contributed by atoms with E-state index in [4.69, 9.17) is 5.73 Å². The molecule has 7 heteroatoms. The fourth-order valence-electron chi connectivity index (χ4n) is 1.69. The van der Waals surface area contributed by atoms with Crippen molar-refractivity contribution in [3.05, 3.63) is 33.9 Å². The molecule has 0 aliphatic rings. The predicted octanol–water partition coefficient (Wildman–Crippen LogP) is 1.87. The third-order valence-corrected chi connectivity index (χ3v) is 3.52. The standard InChI is InChI=1S/C13H16N4O2S/c1-8-17-9(7-20-8)3-4-15-12-5-10(13(18)19-2)11(14)6-16-12/h5-7H,3-4,14H2,1-2H3,(H,15,16). The normalized spacial score (nSPS) is 10.3. The molecule has 2 heterocycles. The Morgan fingerprint density at radius 2 is 2.35 bits per heavy atom. The van der Waals surface area contributed by atoms with E-state index in [-0.39, 0.29) is 0 Å². The molecule has 0 spiro atoms. The first kappa shape index (κ1) is 14.3. The molecule has 20 heavy (non-hydrogen) atoms. The van der Waals surface area contributed by atoms with Gasteiger partial charge in [0, 0.05) is 18.3 Å². The van der Waals surface area contributed by atoms with E-state index in [0.29, 0.717) is 23.6 Å². The summed E-state index contributed by atoms with van der Waals surface area (Å²) in [5.41, 5.74) is 7.35. The summed E-state index contributed by atoms with van der Waals surface area (Å²) in [4.78, 5) is 20.0. The van der Waals surface area contributed by atoms with Crippen molar-refractivity contribution < 1.29 is 9.53 Å². The number of nitrogen functional groups attached to an aromatic ring is 1. The summed E-state index contributed by atoms with van der Waals surface area (Å²) < 4.78 is 4.67. The van der Waals surface area contributed by atoms with Crippen LogP contribution in [0.2, 0.25) is 0 Å². The van der Waals surface area contributed by atoms with Gasteiger partial charge in [0.1, 0.15) is 5.82 Å². The molecule has 3 N–H and O–H groups in total. The van der Waals surface area contributed by atoms with E-state index in [0.717, 1.165) is 17.1 Å². The first-order valence-electron chi connectivity index (χ1n) is 6.09. The molecule has 0 aromatic carbocycles. The highest BCUT2D eigenvalue weighted by Crippen LogP contribution is 2.16. The Hall–Kier alpha value is -2.15. The molecule has 0 fully saturated rings. The molecular weight excluding hydrogens is 276 g/mol. The Morgan fingerprint density at radius 3 is 3.00 bits per heavy atom. The second-order valence-corrected chi connectivity index (χ2v) is 5.25. The molecule has 0 saturated carbocycles. The fraction of sp³-hybridized carbons (Fsp3) is 0.308. The molecule has 0 saturated heterocycles. The summed E-state index contributed by atoms with van der Waals surface area (Å²) in [6, 6.07) is 1.59. The van der Waals surface area contributed by atoms with Gasteiger partial charge in [-0.25, -0.2) is 14.8 Å². The summed E-state index contributed by atoms with van der Waals surface area (Å²) in [5.74, 6) is 0.120. The van der Waals surface area contributed by atoms with Crippen LogP contribution >= 0.6 is 11.3 Å². The minimum absolute atomic E-state index is 0.303. The third kappa shape index (κ3) is 3.45. The monoisotopic (exact) mass is 292 g/mol. The summed E-state index contributed by atoms with van der Waals surface area (Å²) in [6.07, 6.45) is 2.24. The molecule has 0 aliphatic carbocycles. The molecule has 0 unspecified atom stereocenters. The maximum Gasteiger partial charge on any atom is 0.340 e. The minimum atomic E-state index is -0.469. The number of aromatic nitrogens is 2. The fourth-order valence-corrected chi connectivity index (χ4v) is 2.34. The number of nitrogens with two attached hydrogens (primary N) is 1. The highest BCUT2D eigenvalue weighted by molar-refractivity contribution is 7.09. The molecule has 2 rings (SSSR count). The van der Waals surface area contributed by atoms with Crippen molar-refractivity contribution in [3.8, 4) is 0 Å². The summed E-state index contributed by atoms with van der Waals surface area (Å²) in [5, 5.41) is 6.23. The molecule has 0 aliphatic heterocycles. The number of anilines is 2. The number of hydrogen-bond acceptors (Lipinski definition) is 7. The Bertz CT molecular complexity index is 612. The van der Waals surface area contributed by atoms with Crippen LogP contribution in [0.25, 0.3) is 0 Å². The molecule has 0 atom stereocenters. The van der Waals surface area contributed by atoms with Gasteiger partial charge in [0.25, 0.3) is 0 Å². The lowest BCUT2D eigenvalue weighted by Gasteiger charge is -2.08. The Labute approximate surface area is 121 Å². The number of esters is 1. The van der Waals surface area contributed by atoms with Gasteiger partial charge >= 0.3 is 5.97 Å². The van der Waals surface area contributed by atoms with Gasteiger partial charge < -0.3 is 15.8 Å². The SMILES string of the molecule is COC(=O)c1cc(NCCc2csc(C)n2)ncc1N. The number of hydrogen-bond donors (Lipinski definition) is 2. The number of nitrogens with zero attached hydrogens (tertiary/aromatic N) is 2. The van der Waals surface area contributed by atoms with E-state index in [9.17, 15) is 4.79 Å². The molecule has 0 amide bonds. The van der Waals surface area contributed by atoms with Gasteiger partial charge in [-0.3, -0.25) is 0 Å². The first-order chi connectivity index (χ1) is 9.60. The van der Waals surface area contributed by atoms with Crippen LogP contribution in [0.3, 0.4) is 0 Å². The molecule has 0 bridgehead atoms. The zero-order chi connectivity index (χ0) is 14.5. The number of carbonyl (C=O) groups is 1. The van der Waals surface area contributed by atoms with Gasteiger partial charge in [-0.05, 0) is 13.0 Å². The van der Waals surface area contributed by atoms with Crippen LogP contribution in [0.15, 0.2) is 17.6 Å². The van der Waals surface area contributed by atoms with E-state index in [1.54, 1.807) is 17.4 Å². The smallest absolute Gasteiger partial charge is 0.340 e. The van der Waals surface area contributed by atoms with Gasteiger partial charge in [0.2, 0.25) is 0 Å². The van der Waals surface area contributed by atoms with Crippen LogP contribution < -0.4 is 11.1 Å². The zero-order valence-corrected chi connectivity index (χ0v) is 12.2. The lowest BCUT2D eigenvalue weighted by molar-refractivity contribution is 0.0602. The molecule has 6 nitrogen and oxygen atoms in total. The van der Waals surface area contributed by atoms with Gasteiger partial charge in [0.15, 0.2) is 0 Å². The van der Waals surface area contributed by atoms with E-state index < -0.39 is 5.97 Å². The Balaban J connectivity index is 1.97. The van der Waals surface area contributed by atoms with Crippen molar-refractivity contribution in [2.75, 3.05) is 24.7 Å². The predicted molar refractivity (Wildman–Crippen MR) is 79.0 cm³/mol. The molecule has 0 radical (unpaired) electrons. The van der Waals surface area contributed by atoms with Crippen molar-refractivity contribution in [1.29, 1.82) is 0 Å². The summed E-state index contributed by atoms with van der Waals surface area (Å²) in [7, 11) is 1.32. The van der Waals surface area contributed by atoms with Crippen molar-refractivity contribution in [1.82, 2.24) is 9.97 Å². The van der Waals surface area contributed by atoms with Gasteiger partial charge in [-0.1, -0.05) is 0 Å². The van der Waals surface area contributed by atoms with Crippen LogP contribution in [-0.4, -0.2) is 29.6 Å². The van der Waals surface area contributed by atoms with Gasteiger partial charge in [0.05, 0.1) is 35.3 Å². The Morgan fingerprint density at radius 1 is 1.55 bits per heavy atom. The molecular formula is C13H16N4O2S. The third-order valence-electron chi connectivity index (χ3n) is 2.69. The molecule has 2 aromatic heterocycles. The minimum Gasteiger partial charge on any atom is -0.465 e. The lowest BCUT2D eigenvalue weighted by Crippen LogP contribution is -2.10. The highest BCUT2D eigenvalue weighted by Gasteiger charge is 2.11. The number of rotatable bonds is 5. The van der Waals surface area contributed by atoms with Crippen LogP contribution in [-0.2, 0) is 11.2 Å². The second kappa shape index (κ2) is 6.33. The quantitative estimate of drug-likeness (QED) is 0.818. The molecule has 2 aromatic rings. The van der Waals surface area contributed by atoms with E-state index in [1.165, 1.54) is 13.3 Å². The number of aryl methyl sites for hydroxylation is 1. The van der Waals surface area contributed by atoms with Crippen molar-refractivity contribution in [2.45, 2.75) is 13.3 Å². The largest absolute Gasteiger partial charge is 0.465 e. The number of carbonyl (C=O) groups excluding carboxylic acids is 1. The van der Waals surface area contributed by atoms with E-state index >= 15 is 0 Å². The van der Waals surface area contributed by atoms with E-state index in [2.05, 4.69) is 20.0 Å². The number of pyridine rings is 1. The average molecular weight is 292 g/mol. The number of nitrogens with one attached hydrogen (secondary N) is 1. The maximum atomic E-state index is 11.5. The van der Waals surface area contributed by atoms with E-state index in [1.807, 2.05) is 12.3 Å². The van der Waals surface area contributed by atoms with Crippen LogP contribution in [0.1, 0.15) is 21.1 Å². The number of thiazole rings is 1. The van der Waals surface area contributed by atoms with Crippen LogP contribution in [0.4, 0.5) is 11.5 Å². The first-order valence-corrected chi connectivity index (χ1v) is 6.97. The molecule has 106 valence electrons.